The Morgan fingerprint density at radius 1 is 0.721 bits per heavy atom. The third-order valence-corrected chi connectivity index (χ3v) is 9.10. The summed E-state index contributed by atoms with van der Waals surface area (Å²) in [6.45, 7) is 0.128. The van der Waals surface area contributed by atoms with Crippen LogP contribution in [0.3, 0.4) is 0 Å². The van der Waals surface area contributed by atoms with Gasteiger partial charge in [-0.2, -0.15) is 0 Å². The minimum atomic E-state index is -0.739. The zero-order chi connectivity index (χ0) is 30.0. The Morgan fingerprint density at radius 3 is 1.81 bits per heavy atom. The number of benzene rings is 4. The third kappa shape index (κ3) is 8.28. The fourth-order valence-electron chi connectivity index (χ4n) is 6.04. The van der Waals surface area contributed by atoms with Crippen LogP contribution < -0.4 is 5.32 Å². The number of halogens is 2. The van der Waals surface area contributed by atoms with Crippen LogP contribution >= 0.6 is 23.2 Å². The first kappa shape index (κ1) is 30.8. The minimum absolute atomic E-state index is 0.113. The standard InChI is InChI=1S/C37H38Cl2N2O2/c38-33-22-13-23-34(39)32(33)26-41(36(42)25-31(28-16-7-2-8-17-28)29-18-9-3-10-19-29)35(24-27-14-5-1-6-15-27)37(43)40-30-20-11-4-12-21-30/h1-3,5-10,13-19,22-23,30-31,35H,4,11-12,20-21,24-26H2,(H,40,43). The summed E-state index contributed by atoms with van der Waals surface area (Å²) in [5, 5.41) is 4.25. The van der Waals surface area contributed by atoms with Crippen molar-refractivity contribution in [2.24, 2.45) is 0 Å². The Labute approximate surface area is 265 Å². The van der Waals surface area contributed by atoms with E-state index in [0.29, 0.717) is 22.0 Å². The molecule has 0 aliphatic heterocycles. The smallest absolute Gasteiger partial charge is 0.243 e. The zero-order valence-electron chi connectivity index (χ0n) is 24.3. The van der Waals surface area contributed by atoms with Crippen molar-refractivity contribution in [3.8, 4) is 0 Å². The normalized spacial score (nSPS) is 14.3. The van der Waals surface area contributed by atoms with E-state index in [-0.39, 0.29) is 36.7 Å². The molecule has 5 rings (SSSR count). The number of carbonyl (C=O) groups is 2. The summed E-state index contributed by atoms with van der Waals surface area (Å²) in [4.78, 5) is 30.5. The van der Waals surface area contributed by atoms with E-state index in [1.54, 1.807) is 23.1 Å². The topological polar surface area (TPSA) is 49.4 Å². The molecule has 1 aliphatic carbocycles. The molecular formula is C37H38Cl2N2O2. The summed E-state index contributed by atoms with van der Waals surface area (Å²) in [5.41, 5.74) is 3.71. The highest BCUT2D eigenvalue weighted by atomic mass is 35.5. The van der Waals surface area contributed by atoms with Gasteiger partial charge in [-0.15, -0.1) is 0 Å². The molecule has 43 heavy (non-hydrogen) atoms. The van der Waals surface area contributed by atoms with E-state index < -0.39 is 6.04 Å². The summed E-state index contributed by atoms with van der Waals surface area (Å²) in [7, 11) is 0. The fraction of sp³-hybridized carbons (Fsp3) is 0.297. The van der Waals surface area contributed by atoms with E-state index in [1.807, 2.05) is 66.7 Å². The lowest BCUT2D eigenvalue weighted by Gasteiger charge is -2.35. The van der Waals surface area contributed by atoms with E-state index in [2.05, 4.69) is 29.6 Å². The molecule has 4 aromatic rings. The van der Waals surface area contributed by atoms with Gasteiger partial charge < -0.3 is 10.2 Å². The van der Waals surface area contributed by atoms with E-state index in [4.69, 9.17) is 23.2 Å². The average Bonchev–Trinajstić information content (AvgIpc) is 3.04. The number of hydrogen-bond acceptors (Lipinski definition) is 2. The van der Waals surface area contributed by atoms with Gasteiger partial charge in [0.05, 0.1) is 0 Å². The van der Waals surface area contributed by atoms with Gasteiger partial charge in [-0.25, -0.2) is 0 Å². The number of nitrogens with one attached hydrogen (secondary N) is 1. The van der Waals surface area contributed by atoms with E-state index in [1.165, 1.54) is 6.42 Å². The third-order valence-electron chi connectivity index (χ3n) is 8.40. The first-order valence-electron chi connectivity index (χ1n) is 15.2. The van der Waals surface area contributed by atoms with Crippen molar-refractivity contribution in [2.75, 3.05) is 0 Å². The SMILES string of the molecule is O=C(NC1CCCCC1)C(Cc1ccccc1)N(Cc1c(Cl)cccc1Cl)C(=O)CC(c1ccccc1)c1ccccc1. The summed E-state index contributed by atoms with van der Waals surface area (Å²) in [5.74, 6) is -0.449. The molecule has 0 spiro atoms. The molecule has 0 saturated heterocycles. The van der Waals surface area contributed by atoms with Crippen LogP contribution in [0.15, 0.2) is 109 Å². The van der Waals surface area contributed by atoms with Gasteiger partial charge in [0.15, 0.2) is 0 Å². The number of rotatable bonds is 11. The first-order chi connectivity index (χ1) is 21.0. The molecule has 1 fully saturated rings. The molecule has 6 heteroatoms. The molecular weight excluding hydrogens is 575 g/mol. The van der Waals surface area contributed by atoms with E-state index >= 15 is 0 Å². The van der Waals surface area contributed by atoms with Crippen molar-refractivity contribution in [3.05, 3.63) is 141 Å². The highest BCUT2D eigenvalue weighted by Gasteiger charge is 2.34. The lowest BCUT2D eigenvalue weighted by Crippen LogP contribution is -2.53. The molecule has 1 N–H and O–H groups in total. The van der Waals surface area contributed by atoms with Crippen LogP contribution in [0.2, 0.25) is 10.0 Å². The average molecular weight is 614 g/mol. The summed E-state index contributed by atoms with van der Waals surface area (Å²) in [6.07, 6.45) is 5.88. The number of carbonyl (C=O) groups excluding carboxylic acids is 2. The summed E-state index contributed by atoms with van der Waals surface area (Å²) >= 11 is 13.3. The van der Waals surface area contributed by atoms with Gasteiger partial charge in [-0.3, -0.25) is 9.59 Å². The molecule has 222 valence electrons. The predicted octanol–water partition coefficient (Wildman–Crippen LogP) is 8.60. The molecule has 4 nitrogen and oxygen atoms in total. The molecule has 1 saturated carbocycles. The summed E-state index contributed by atoms with van der Waals surface area (Å²) in [6, 6.07) is 34.7. The van der Waals surface area contributed by atoms with Crippen molar-refractivity contribution in [1.29, 1.82) is 0 Å². The maximum atomic E-state index is 14.6. The second-order valence-corrected chi connectivity index (χ2v) is 12.2. The van der Waals surface area contributed by atoms with Gasteiger partial charge >= 0.3 is 0 Å². The van der Waals surface area contributed by atoms with E-state index in [0.717, 1.165) is 42.4 Å². The second-order valence-electron chi connectivity index (χ2n) is 11.3. The lowest BCUT2D eigenvalue weighted by molar-refractivity contribution is -0.141. The van der Waals surface area contributed by atoms with Crippen LogP contribution in [0.4, 0.5) is 0 Å². The molecule has 0 radical (unpaired) electrons. The van der Waals surface area contributed by atoms with Gasteiger partial charge in [0.2, 0.25) is 11.8 Å². The lowest BCUT2D eigenvalue weighted by atomic mass is 9.87. The van der Waals surface area contributed by atoms with Crippen molar-refractivity contribution in [2.45, 2.75) is 69.5 Å². The Bertz CT molecular complexity index is 1420. The number of nitrogens with zero attached hydrogens (tertiary/aromatic N) is 1. The van der Waals surface area contributed by atoms with Gasteiger partial charge in [-0.1, -0.05) is 140 Å². The predicted molar refractivity (Wildman–Crippen MR) is 175 cm³/mol. The van der Waals surface area contributed by atoms with E-state index in [9.17, 15) is 9.59 Å². The van der Waals surface area contributed by atoms with Gasteiger partial charge in [0.25, 0.3) is 0 Å². The monoisotopic (exact) mass is 612 g/mol. The van der Waals surface area contributed by atoms with Gasteiger partial charge in [-0.05, 0) is 41.7 Å². The Hall–Kier alpha value is -3.60. The molecule has 4 aromatic carbocycles. The van der Waals surface area contributed by atoms with Crippen LogP contribution in [0.1, 0.15) is 66.7 Å². The highest BCUT2D eigenvalue weighted by Crippen LogP contribution is 2.32. The van der Waals surface area contributed by atoms with Crippen LogP contribution in [-0.2, 0) is 22.6 Å². The van der Waals surface area contributed by atoms with Crippen molar-refractivity contribution >= 4 is 35.0 Å². The van der Waals surface area contributed by atoms with Gasteiger partial charge in [0.1, 0.15) is 6.04 Å². The maximum absolute atomic E-state index is 14.6. The Morgan fingerprint density at radius 2 is 1.26 bits per heavy atom. The maximum Gasteiger partial charge on any atom is 0.243 e. The Balaban J connectivity index is 1.54. The van der Waals surface area contributed by atoms with Gasteiger partial charge in [0, 0.05) is 47.0 Å². The van der Waals surface area contributed by atoms with Crippen LogP contribution in [-0.4, -0.2) is 28.8 Å². The van der Waals surface area contributed by atoms with Crippen LogP contribution in [0, 0.1) is 0 Å². The Kier molecular flexibility index (Phi) is 10.9. The molecule has 1 atom stereocenters. The molecule has 0 heterocycles. The van der Waals surface area contributed by atoms with Crippen molar-refractivity contribution in [3.63, 3.8) is 0 Å². The largest absolute Gasteiger partial charge is 0.352 e. The van der Waals surface area contributed by atoms with Crippen LogP contribution in [0.5, 0.6) is 0 Å². The molecule has 1 aliphatic rings. The highest BCUT2D eigenvalue weighted by molar-refractivity contribution is 6.36. The zero-order valence-corrected chi connectivity index (χ0v) is 25.8. The quantitative estimate of drug-likeness (QED) is 0.184. The number of amides is 2. The van der Waals surface area contributed by atoms with Crippen molar-refractivity contribution < 1.29 is 9.59 Å². The fourth-order valence-corrected chi connectivity index (χ4v) is 6.56. The molecule has 0 aromatic heterocycles. The molecule has 0 bridgehead atoms. The molecule has 2 amide bonds. The van der Waals surface area contributed by atoms with Crippen LogP contribution in [0.25, 0.3) is 0 Å². The first-order valence-corrected chi connectivity index (χ1v) is 15.9. The van der Waals surface area contributed by atoms with Crippen molar-refractivity contribution in [1.82, 2.24) is 10.2 Å². The molecule has 1 unspecified atom stereocenters. The minimum Gasteiger partial charge on any atom is -0.352 e. The second kappa shape index (κ2) is 15.2. The number of hydrogen-bond donors (Lipinski definition) is 1. The summed E-state index contributed by atoms with van der Waals surface area (Å²) < 4.78 is 0.